The number of rotatable bonds is 3. The lowest BCUT2D eigenvalue weighted by Crippen LogP contribution is -2.30. The third-order valence-electron chi connectivity index (χ3n) is 3.69. The van der Waals surface area contributed by atoms with E-state index in [0.29, 0.717) is 5.82 Å². The molecule has 4 heteroatoms. The Morgan fingerprint density at radius 3 is 2.44 bits per heavy atom. The molecule has 0 radical (unpaired) electrons. The van der Waals surface area contributed by atoms with Gasteiger partial charge in [-0.1, -0.05) is 24.9 Å². The van der Waals surface area contributed by atoms with E-state index < -0.39 is 5.54 Å². The lowest BCUT2D eigenvalue weighted by molar-refractivity contribution is 0.270. The van der Waals surface area contributed by atoms with E-state index >= 15 is 0 Å². The van der Waals surface area contributed by atoms with Gasteiger partial charge < -0.3 is 10.3 Å². The van der Waals surface area contributed by atoms with Gasteiger partial charge in [-0.2, -0.15) is 4.98 Å². The zero-order valence-electron chi connectivity index (χ0n) is 10.4. The third-order valence-corrected chi connectivity index (χ3v) is 3.69. The van der Waals surface area contributed by atoms with Crippen LogP contribution in [0.2, 0.25) is 0 Å². The highest BCUT2D eigenvalue weighted by Gasteiger charge is 2.39. The quantitative estimate of drug-likeness (QED) is 0.855. The van der Waals surface area contributed by atoms with Crippen molar-refractivity contribution in [2.24, 2.45) is 5.73 Å². The normalized spacial score (nSPS) is 20.2. The van der Waals surface area contributed by atoms with Crippen molar-refractivity contribution < 1.29 is 4.52 Å². The van der Waals surface area contributed by atoms with Crippen molar-refractivity contribution in [3.8, 4) is 0 Å². The van der Waals surface area contributed by atoms with Crippen molar-refractivity contribution in [3.63, 3.8) is 0 Å². The number of nitrogens with zero attached hydrogens (tertiary/aromatic N) is 2. The minimum atomic E-state index is -0.519. The van der Waals surface area contributed by atoms with Crippen LogP contribution >= 0.6 is 0 Å². The van der Waals surface area contributed by atoms with Crippen LogP contribution in [0.3, 0.4) is 0 Å². The summed E-state index contributed by atoms with van der Waals surface area (Å²) < 4.78 is 5.43. The zero-order chi connectivity index (χ0) is 11.8. The molecule has 1 saturated carbocycles. The predicted molar refractivity (Wildman–Crippen MR) is 61.9 cm³/mol. The molecular formula is C12H21N3O. The molecule has 0 unspecified atom stereocenters. The van der Waals surface area contributed by atoms with Gasteiger partial charge in [-0.3, -0.25) is 0 Å². The summed E-state index contributed by atoms with van der Waals surface area (Å²) in [5.41, 5.74) is 5.57. The number of hydrogen-bond acceptors (Lipinski definition) is 4. The van der Waals surface area contributed by atoms with Gasteiger partial charge in [-0.25, -0.2) is 0 Å². The molecular weight excluding hydrogens is 202 g/mol. The van der Waals surface area contributed by atoms with Gasteiger partial charge >= 0.3 is 0 Å². The summed E-state index contributed by atoms with van der Waals surface area (Å²) in [7, 11) is 0. The van der Waals surface area contributed by atoms with Crippen LogP contribution in [-0.2, 0) is 11.0 Å². The maximum Gasteiger partial charge on any atom is 0.232 e. The first-order valence-electron chi connectivity index (χ1n) is 6.11. The molecule has 1 fully saturated rings. The Morgan fingerprint density at radius 2 is 2.00 bits per heavy atom. The van der Waals surface area contributed by atoms with Crippen LogP contribution in [0, 0.1) is 0 Å². The zero-order valence-corrected chi connectivity index (χ0v) is 10.4. The van der Waals surface area contributed by atoms with Gasteiger partial charge in [0.1, 0.15) is 0 Å². The van der Waals surface area contributed by atoms with Crippen molar-refractivity contribution >= 4 is 0 Å². The fourth-order valence-corrected chi connectivity index (χ4v) is 2.47. The van der Waals surface area contributed by atoms with Crippen molar-refractivity contribution in [2.45, 2.75) is 63.8 Å². The monoisotopic (exact) mass is 223 g/mol. The lowest BCUT2D eigenvalue weighted by Gasteiger charge is -2.22. The van der Waals surface area contributed by atoms with Crippen LogP contribution in [-0.4, -0.2) is 10.1 Å². The minimum absolute atomic E-state index is 0.122. The molecule has 0 aromatic carbocycles. The van der Waals surface area contributed by atoms with Gasteiger partial charge in [0.15, 0.2) is 5.82 Å². The molecule has 0 atom stereocenters. The SMILES string of the molecule is CCC1(c2nc(C(C)(C)N)no2)CCCC1. The molecule has 1 heterocycles. The second kappa shape index (κ2) is 3.84. The summed E-state index contributed by atoms with van der Waals surface area (Å²) >= 11 is 0. The molecule has 90 valence electrons. The largest absolute Gasteiger partial charge is 0.339 e. The summed E-state index contributed by atoms with van der Waals surface area (Å²) in [5.74, 6) is 1.41. The molecule has 0 bridgehead atoms. The second-order valence-corrected chi connectivity index (χ2v) is 5.49. The van der Waals surface area contributed by atoms with E-state index in [4.69, 9.17) is 10.3 Å². The Balaban J connectivity index is 2.30. The smallest absolute Gasteiger partial charge is 0.232 e. The van der Waals surface area contributed by atoms with Crippen LogP contribution < -0.4 is 5.73 Å². The number of aromatic nitrogens is 2. The summed E-state index contributed by atoms with van der Waals surface area (Å²) in [6, 6.07) is 0. The van der Waals surface area contributed by atoms with Crippen molar-refractivity contribution in [3.05, 3.63) is 11.7 Å². The van der Waals surface area contributed by atoms with Crippen LogP contribution in [0.5, 0.6) is 0 Å². The topological polar surface area (TPSA) is 64.9 Å². The first-order chi connectivity index (χ1) is 7.48. The van der Waals surface area contributed by atoms with Gasteiger partial charge in [0.25, 0.3) is 0 Å². The summed E-state index contributed by atoms with van der Waals surface area (Å²) in [6.07, 6.45) is 5.92. The maximum absolute atomic E-state index is 5.97. The molecule has 1 aliphatic carbocycles. The predicted octanol–water partition coefficient (Wildman–Crippen LogP) is 2.49. The fourth-order valence-electron chi connectivity index (χ4n) is 2.47. The Hall–Kier alpha value is -0.900. The molecule has 2 rings (SSSR count). The van der Waals surface area contributed by atoms with Gasteiger partial charge in [-0.05, 0) is 33.1 Å². The average Bonchev–Trinajstić information content (AvgIpc) is 2.86. The summed E-state index contributed by atoms with van der Waals surface area (Å²) in [4.78, 5) is 4.50. The third kappa shape index (κ3) is 1.86. The first kappa shape index (κ1) is 11.6. The number of hydrogen-bond donors (Lipinski definition) is 1. The van der Waals surface area contributed by atoms with Crippen molar-refractivity contribution in [1.29, 1.82) is 0 Å². The molecule has 0 saturated heterocycles. The van der Waals surface area contributed by atoms with Gasteiger partial charge in [-0.15, -0.1) is 0 Å². The van der Waals surface area contributed by atoms with E-state index in [9.17, 15) is 0 Å². The molecule has 0 aliphatic heterocycles. The minimum Gasteiger partial charge on any atom is -0.339 e. The van der Waals surface area contributed by atoms with Crippen LogP contribution in [0.1, 0.15) is 64.6 Å². The second-order valence-electron chi connectivity index (χ2n) is 5.49. The highest BCUT2D eigenvalue weighted by Crippen LogP contribution is 2.43. The van der Waals surface area contributed by atoms with Gasteiger partial charge in [0, 0.05) is 5.41 Å². The molecule has 0 spiro atoms. The van der Waals surface area contributed by atoms with Crippen LogP contribution in [0.15, 0.2) is 4.52 Å². The number of nitrogens with two attached hydrogens (primary N) is 1. The molecule has 1 aromatic rings. The van der Waals surface area contributed by atoms with Gasteiger partial charge in [0.05, 0.1) is 5.54 Å². The molecule has 2 N–H and O–H groups in total. The molecule has 1 aromatic heterocycles. The van der Waals surface area contributed by atoms with Gasteiger partial charge in [0.2, 0.25) is 5.89 Å². The maximum atomic E-state index is 5.97. The summed E-state index contributed by atoms with van der Waals surface area (Å²) in [6.45, 7) is 5.99. The average molecular weight is 223 g/mol. The van der Waals surface area contributed by atoms with E-state index in [2.05, 4.69) is 17.1 Å². The van der Waals surface area contributed by atoms with E-state index in [1.165, 1.54) is 12.8 Å². The van der Waals surface area contributed by atoms with E-state index in [1.807, 2.05) is 13.8 Å². The van der Waals surface area contributed by atoms with Crippen molar-refractivity contribution in [2.75, 3.05) is 0 Å². The fraction of sp³-hybridized carbons (Fsp3) is 0.833. The van der Waals surface area contributed by atoms with Crippen LogP contribution in [0.25, 0.3) is 0 Å². The van der Waals surface area contributed by atoms with Crippen molar-refractivity contribution in [1.82, 2.24) is 10.1 Å². The lowest BCUT2D eigenvalue weighted by atomic mass is 9.83. The Morgan fingerprint density at radius 1 is 1.38 bits per heavy atom. The first-order valence-corrected chi connectivity index (χ1v) is 6.11. The van der Waals surface area contributed by atoms with E-state index in [0.717, 1.165) is 25.2 Å². The molecule has 0 amide bonds. The van der Waals surface area contributed by atoms with E-state index in [1.54, 1.807) is 0 Å². The highest BCUT2D eigenvalue weighted by atomic mass is 16.5. The standard InChI is InChI=1S/C12H21N3O/c1-4-12(7-5-6-8-12)10-14-9(15-16-10)11(2,3)13/h4-8,13H2,1-3H3. The Labute approximate surface area is 96.6 Å². The Bertz CT molecular complexity index is 359. The molecule has 1 aliphatic rings. The summed E-state index contributed by atoms with van der Waals surface area (Å²) in [5, 5.41) is 4.01. The van der Waals surface area contributed by atoms with Crippen LogP contribution in [0.4, 0.5) is 0 Å². The van der Waals surface area contributed by atoms with E-state index in [-0.39, 0.29) is 5.41 Å². The highest BCUT2D eigenvalue weighted by molar-refractivity contribution is 5.10. The molecule has 4 nitrogen and oxygen atoms in total. The molecule has 16 heavy (non-hydrogen) atoms. The Kier molecular flexibility index (Phi) is 2.78.